The van der Waals surface area contributed by atoms with Crippen LogP contribution in [-0.4, -0.2) is 47.9 Å². The largest absolute Gasteiger partial charge is 0.376 e. The van der Waals surface area contributed by atoms with Gasteiger partial charge in [-0.3, -0.25) is 0 Å². The molecule has 2 rings (SSSR count). The van der Waals surface area contributed by atoms with Gasteiger partial charge in [0, 0.05) is 13.1 Å². The molecule has 1 unspecified atom stereocenters. The fraction of sp³-hybridized carbons (Fsp3) is 0.538. The predicted molar refractivity (Wildman–Crippen MR) is 75.0 cm³/mol. The first-order chi connectivity index (χ1) is 9.62. The molecule has 1 aromatic rings. The molecule has 0 spiro atoms. The lowest BCUT2D eigenvalue weighted by molar-refractivity contribution is -0.0846. The summed E-state index contributed by atoms with van der Waals surface area (Å²) in [7, 11) is -1.69. The number of hydrogen-bond acceptors (Lipinski definition) is 5. The summed E-state index contributed by atoms with van der Waals surface area (Å²) in [5, 5.41) is 2.99. The van der Waals surface area contributed by atoms with Gasteiger partial charge in [0.25, 0.3) is 0 Å². The summed E-state index contributed by atoms with van der Waals surface area (Å²) in [5.41, 5.74) is 0.924. The molecular weight excluding hydrogens is 280 g/mol. The molecule has 1 fully saturated rings. The molecule has 1 saturated heterocycles. The fourth-order valence-corrected chi connectivity index (χ4v) is 3.10. The van der Waals surface area contributed by atoms with Crippen molar-refractivity contribution in [2.24, 2.45) is 0 Å². The molecule has 0 bridgehead atoms. The van der Waals surface area contributed by atoms with Crippen LogP contribution in [0, 0.1) is 0 Å². The fourth-order valence-electron chi connectivity index (χ4n) is 1.97. The number of ether oxygens (including phenoxy) is 2. The first-order valence-electron chi connectivity index (χ1n) is 6.54. The van der Waals surface area contributed by atoms with Crippen molar-refractivity contribution in [1.29, 1.82) is 0 Å². The van der Waals surface area contributed by atoms with Gasteiger partial charge in [-0.1, -0.05) is 12.1 Å². The maximum atomic E-state index is 12.2. The van der Waals surface area contributed by atoms with Crippen molar-refractivity contribution in [1.82, 2.24) is 10.0 Å². The van der Waals surface area contributed by atoms with Gasteiger partial charge in [-0.05, 0) is 24.7 Å². The molecule has 0 radical (unpaired) electrons. The van der Waals surface area contributed by atoms with Crippen molar-refractivity contribution >= 4 is 10.0 Å². The van der Waals surface area contributed by atoms with Crippen molar-refractivity contribution in [2.75, 3.05) is 33.4 Å². The molecular formula is C13H20N2O4S. The number of sulfonamides is 1. The van der Waals surface area contributed by atoms with Crippen LogP contribution in [0.3, 0.4) is 0 Å². The first-order valence-corrected chi connectivity index (χ1v) is 8.02. The molecule has 1 aliphatic rings. The Labute approximate surface area is 119 Å². The van der Waals surface area contributed by atoms with E-state index >= 15 is 0 Å². The van der Waals surface area contributed by atoms with E-state index in [4.69, 9.17) is 9.47 Å². The molecule has 6 nitrogen and oxygen atoms in total. The van der Waals surface area contributed by atoms with Crippen LogP contribution in [0.2, 0.25) is 0 Å². The maximum absolute atomic E-state index is 12.2. The van der Waals surface area contributed by atoms with Gasteiger partial charge in [-0.25, -0.2) is 13.1 Å². The van der Waals surface area contributed by atoms with E-state index in [1.165, 1.54) is 0 Å². The van der Waals surface area contributed by atoms with E-state index < -0.39 is 10.0 Å². The third-order valence-corrected chi connectivity index (χ3v) is 4.40. The molecule has 1 heterocycles. The molecule has 0 aliphatic carbocycles. The van der Waals surface area contributed by atoms with Crippen molar-refractivity contribution in [3.8, 4) is 0 Å². The van der Waals surface area contributed by atoms with E-state index in [2.05, 4.69) is 10.0 Å². The zero-order valence-electron chi connectivity index (χ0n) is 11.5. The van der Waals surface area contributed by atoms with Gasteiger partial charge in [-0.2, -0.15) is 0 Å². The van der Waals surface area contributed by atoms with E-state index in [1.54, 1.807) is 18.2 Å². The van der Waals surface area contributed by atoms with Crippen molar-refractivity contribution < 1.29 is 17.9 Å². The Balaban J connectivity index is 2.00. The summed E-state index contributed by atoms with van der Waals surface area (Å²) < 4.78 is 37.6. The average molecular weight is 300 g/mol. The standard InChI is InChI=1S/C13H20N2O4S/c1-14-8-11-3-2-4-13(7-11)20(16,17)15-9-12-10-18-5-6-19-12/h2-4,7,12,14-15H,5-6,8-10H2,1H3. The molecule has 1 aliphatic heterocycles. The van der Waals surface area contributed by atoms with Gasteiger partial charge in [0.15, 0.2) is 0 Å². The molecule has 0 saturated carbocycles. The summed E-state index contributed by atoms with van der Waals surface area (Å²) in [6.45, 7) is 2.34. The topological polar surface area (TPSA) is 76.7 Å². The molecule has 0 amide bonds. The van der Waals surface area contributed by atoms with Gasteiger partial charge >= 0.3 is 0 Å². The zero-order chi connectivity index (χ0) is 14.4. The molecule has 7 heteroatoms. The Hall–Kier alpha value is -0.990. The van der Waals surface area contributed by atoms with Crippen LogP contribution in [0.1, 0.15) is 5.56 Å². The molecule has 1 aromatic carbocycles. The Morgan fingerprint density at radius 2 is 2.20 bits per heavy atom. The van der Waals surface area contributed by atoms with Crippen LogP contribution in [0.25, 0.3) is 0 Å². The quantitative estimate of drug-likeness (QED) is 0.779. The molecule has 1 atom stereocenters. The highest BCUT2D eigenvalue weighted by atomic mass is 32.2. The van der Waals surface area contributed by atoms with Crippen molar-refractivity contribution in [3.63, 3.8) is 0 Å². The molecule has 2 N–H and O–H groups in total. The SMILES string of the molecule is CNCc1cccc(S(=O)(=O)NCC2COCCO2)c1. The van der Waals surface area contributed by atoms with Crippen molar-refractivity contribution in [3.05, 3.63) is 29.8 Å². The third-order valence-electron chi connectivity index (χ3n) is 2.98. The minimum atomic E-state index is -3.51. The Bertz CT molecular complexity index is 527. The second-order valence-electron chi connectivity index (χ2n) is 4.60. The van der Waals surface area contributed by atoms with E-state index in [9.17, 15) is 8.42 Å². The summed E-state index contributed by atoms with van der Waals surface area (Å²) in [4.78, 5) is 0.266. The van der Waals surface area contributed by atoms with Crippen LogP contribution in [0.5, 0.6) is 0 Å². The summed E-state index contributed by atoms with van der Waals surface area (Å²) in [5.74, 6) is 0. The maximum Gasteiger partial charge on any atom is 0.240 e. The number of hydrogen-bond donors (Lipinski definition) is 2. The number of benzene rings is 1. The average Bonchev–Trinajstić information content (AvgIpc) is 2.47. The highest BCUT2D eigenvalue weighted by Gasteiger charge is 2.19. The highest BCUT2D eigenvalue weighted by molar-refractivity contribution is 7.89. The number of nitrogens with one attached hydrogen (secondary N) is 2. The van der Waals surface area contributed by atoms with Crippen LogP contribution in [0.15, 0.2) is 29.2 Å². The smallest absolute Gasteiger partial charge is 0.240 e. The predicted octanol–water partition coefficient (Wildman–Crippen LogP) is 0.0997. The number of rotatable bonds is 6. The van der Waals surface area contributed by atoms with Crippen LogP contribution < -0.4 is 10.0 Å². The van der Waals surface area contributed by atoms with Crippen LogP contribution in [-0.2, 0) is 26.0 Å². The van der Waals surface area contributed by atoms with Gasteiger partial charge < -0.3 is 14.8 Å². The van der Waals surface area contributed by atoms with E-state index in [0.717, 1.165) is 5.56 Å². The molecule has 112 valence electrons. The summed E-state index contributed by atoms with van der Waals surface area (Å²) in [6.07, 6.45) is -0.223. The monoisotopic (exact) mass is 300 g/mol. The van der Waals surface area contributed by atoms with E-state index in [0.29, 0.717) is 26.4 Å². The normalized spacial score (nSPS) is 19.9. The zero-order valence-corrected chi connectivity index (χ0v) is 12.3. The van der Waals surface area contributed by atoms with E-state index in [1.807, 2.05) is 13.1 Å². The van der Waals surface area contributed by atoms with Gasteiger partial charge in [0.2, 0.25) is 10.0 Å². The van der Waals surface area contributed by atoms with Gasteiger partial charge in [-0.15, -0.1) is 0 Å². The minimum absolute atomic E-state index is 0.221. The lowest BCUT2D eigenvalue weighted by atomic mass is 10.2. The Morgan fingerprint density at radius 3 is 2.90 bits per heavy atom. The van der Waals surface area contributed by atoms with Crippen molar-refractivity contribution in [2.45, 2.75) is 17.5 Å². The van der Waals surface area contributed by atoms with Gasteiger partial charge in [0.1, 0.15) is 0 Å². The van der Waals surface area contributed by atoms with Gasteiger partial charge in [0.05, 0.1) is 30.8 Å². The summed E-state index contributed by atoms with van der Waals surface area (Å²) in [6, 6.07) is 6.87. The lowest BCUT2D eigenvalue weighted by Gasteiger charge is -2.23. The lowest BCUT2D eigenvalue weighted by Crippen LogP contribution is -2.39. The molecule has 0 aromatic heterocycles. The first kappa shape index (κ1) is 15.4. The Kier molecular flexibility index (Phi) is 5.50. The van der Waals surface area contributed by atoms with Crippen LogP contribution in [0.4, 0.5) is 0 Å². The third kappa shape index (κ3) is 4.26. The second-order valence-corrected chi connectivity index (χ2v) is 6.36. The highest BCUT2D eigenvalue weighted by Crippen LogP contribution is 2.12. The van der Waals surface area contributed by atoms with Crippen LogP contribution >= 0.6 is 0 Å². The summed E-state index contributed by atoms with van der Waals surface area (Å²) >= 11 is 0. The second kappa shape index (κ2) is 7.14. The minimum Gasteiger partial charge on any atom is -0.376 e. The molecule has 20 heavy (non-hydrogen) atoms. The Morgan fingerprint density at radius 1 is 1.35 bits per heavy atom. The van der Waals surface area contributed by atoms with E-state index in [-0.39, 0.29) is 17.5 Å².